The molecule has 18 heavy (non-hydrogen) atoms. The smallest absolute Gasteiger partial charge is 0.224 e. The molecule has 0 saturated carbocycles. The van der Waals surface area contributed by atoms with Gasteiger partial charge in [0.25, 0.3) is 0 Å². The lowest BCUT2D eigenvalue weighted by molar-refractivity contribution is -0.124. The molecule has 1 fully saturated rings. The van der Waals surface area contributed by atoms with Crippen molar-refractivity contribution in [2.24, 2.45) is 11.8 Å². The zero-order valence-corrected chi connectivity index (χ0v) is 12.7. The van der Waals surface area contributed by atoms with Crippen molar-refractivity contribution < 1.29 is 4.79 Å². The summed E-state index contributed by atoms with van der Waals surface area (Å²) in [7, 11) is 0. The van der Waals surface area contributed by atoms with Gasteiger partial charge in [-0.15, -0.1) is 12.4 Å². The molecule has 0 bridgehead atoms. The summed E-state index contributed by atoms with van der Waals surface area (Å²) < 4.78 is 0. The van der Waals surface area contributed by atoms with E-state index in [2.05, 4.69) is 24.5 Å². The van der Waals surface area contributed by atoms with Crippen LogP contribution in [0.2, 0.25) is 0 Å². The maximum absolute atomic E-state index is 11.7. The summed E-state index contributed by atoms with van der Waals surface area (Å²) in [6.45, 7) is 7.26. The molecule has 1 saturated heterocycles. The fraction of sp³-hybridized carbons (Fsp3) is 0.929. The number of unbranched alkanes of at least 4 members (excludes halogenated alkanes) is 3. The van der Waals surface area contributed by atoms with Crippen molar-refractivity contribution in [1.82, 2.24) is 10.6 Å². The molecule has 1 rings (SSSR count). The van der Waals surface area contributed by atoms with E-state index < -0.39 is 0 Å². The Balaban J connectivity index is 0.00000289. The highest BCUT2D eigenvalue weighted by Gasteiger charge is 2.21. The molecule has 2 N–H and O–H groups in total. The molecular formula is C14H29ClN2O. The van der Waals surface area contributed by atoms with Crippen LogP contribution in [0.1, 0.15) is 52.4 Å². The molecule has 1 amide bonds. The van der Waals surface area contributed by atoms with E-state index in [1.165, 1.54) is 25.7 Å². The van der Waals surface area contributed by atoms with Crippen molar-refractivity contribution in [1.29, 1.82) is 0 Å². The van der Waals surface area contributed by atoms with E-state index in [1.54, 1.807) is 0 Å². The van der Waals surface area contributed by atoms with Crippen molar-refractivity contribution in [2.45, 2.75) is 52.4 Å². The van der Waals surface area contributed by atoms with Gasteiger partial charge in [0, 0.05) is 13.1 Å². The van der Waals surface area contributed by atoms with Crippen LogP contribution in [0.25, 0.3) is 0 Å². The van der Waals surface area contributed by atoms with Gasteiger partial charge in [0.05, 0.1) is 5.92 Å². The van der Waals surface area contributed by atoms with Gasteiger partial charge in [0.2, 0.25) is 5.91 Å². The van der Waals surface area contributed by atoms with Crippen LogP contribution in [0.5, 0.6) is 0 Å². The highest BCUT2D eigenvalue weighted by atomic mass is 35.5. The van der Waals surface area contributed by atoms with E-state index in [0.29, 0.717) is 0 Å². The Morgan fingerprint density at radius 1 is 1.28 bits per heavy atom. The summed E-state index contributed by atoms with van der Waals surface area (Å²) in [5.74, 6) is 1.29. The summed E-state index contributed by atoms with van der Waals surface area (Å²) in [5.41, 5.74) is 0. The lowest BCUT2D eigenvalue weighted by Gasteiger charge is -2.09. The number of carbonyl (C=O) groups excluding carboxylic acids is 1. The van der Waals surface area contributed by atoms with E-state index in [9.17, 15) is 4.79 Å². The van der Waals surface area contributed by atoms with Gasteiger partial charge < -0.3 is 10.6 Å². The molecule has 0 aliphatic carbocycles. The van der Waals surface area contributed by atoms with Gasteiger partial charge in [0.1, 0.15) is 0 Å². The fourth-order valence-electron chi connectivity index (χ4n) is 2.27. The molecule has 1 heterocycles. The lowest BCUT2D eigenvalue weighted by Crippen LogP contribution is -2.32. The van der Waals surface area contributed by atoms with Crippen molar-refractivity contribution in [3.8, 4) is 0 Å². The van der Waals surface area contributed by atoms with Crippen LogP contribution in [0, 0.1) is 11.8 Å². The van der Waals surface area contributed by atoms with Crippen molar-refractivity contribution in [3.63, 3.8) is 0 Å². The molecule has 1 aliphatic heterocycles. The molecule has 1 aliphatic rings. The Kier molecular flexibility index (Phi) is 10.5. The first kappa shape index (κ1) is 17.7. The Hall–Kier alpha value is -0.280. The van der Waals surface area contributed by atoms with Crippen LogP contribution in [-0.2, 0) is 4.79 Å². The third-order valence-electron chi connectivity index (χ3n) is 3.44. The zero-order valence-electron chi connectivity index (χ0n) is 11.8. The van der Waals surface area contributed by atoms with Gasteiger partial charge in [-0.2, -0.15) is 0 Å². The number of amides is 1. The number of carbonyl (C=O) groups is 1. The van der Waals surface area contributed by atoms with Crippen LogP contribution in [0.4, 0.5) is 0 Å². The second-order valence-electron chi connectivity index (χ2n) is 5.58. The third kappa shape index (κ3) is 7.93. The number of hydrogen-bond acceptors (Lipinski definition) is 2. The van der Waals surface area contributed by atoms with Gasteiger partial charge >= 0.3 is 0 Å². The van der Waals surface area contributed by atoms with Crippen LogP contribution in [0.3, 0.4) is 0 Å². The first-order chi connectivity index (χ1) is 8.20. The van der Waals surface area contributed by atoms with Crippen LogP contribution in [-0.4, -0.2) is 25.5 Å². The standard InChI is InChI=1S/C14H28N2O.ClH/c1-12(2)7-5-3-4-6-9-16-14(17)13-8-10-15-11-13;/h12-13,15H,3-11H2,1-2H3,(H,16,17);1H. The van der Waals surface area contributed by atoms with Crippen LogP contribution < -0.4 is 10.6 Å². The SMILES string of the molecule is CC(C)CCCCCCNC(=O)C1CCNC1.Cl. The quantitative estimate of drug-likeness (QED) is 0.670. The lowest BCUT2D eigenvalue weighted by atomic mass is 10.0. The van der Waals surface area contributed by atoms with Gasteiger partial charge in [-0.05, 0) is 25.3 Å². The topological polar surface area (TPSA) is 41.1 Å². The Morgan fingerprint density at radius 3 is 2.61 bits per heavy atom. The molecular weight excluding hydrogens is 248 g/mol. The van der Waals surface area contributed by atoms with Crippen LogP contribution in [0.15, 0.2) is 0 Å². The van der Waals surface area contributed by atoms with Crippen molar-refractivity contribution in [3.05, 3.63) is 0 Å². The zero-order chi connectivity index (χ0) is 12.5. The van der Waals surface area contributed by atoms with Gasteiger partial charge in [0.15, 0.2) is 0 Å². The number of halogens is 1. The molecule has 108 valence electrons. The predicted octanol–water partition coefficient (Wildman–Crippen LogP) is 2.74. The Labute approximate surface area is 118 Å². The molecule has 1 atom stereocenters. The third-order valence-corrected chi connectivity index (χ3v) is 3.44. The second kappa shape index (κ2) is 10.6. The van der Waals surface area contributed by atoms with Gasteiger partial charge in [-0.25, -0.2) is 0 Å². The molecule has 3 nitrogen and oxygen atoms in total. The minimum atomic E-state index is 0. The summed E-state index contributed by atoms with van der Waals surface area (Å²) in [4.78, 5) is 11.7. The average molecular weight is 277 g/mol. The first-order valence-corrected chi connectivity index (χ1v) is 7.18. The first-order valence-electron chi connectivity index (χ1n) is 7.18. The van der Waals surface area contributed by atoms with Crippen molar-refractivity contribution >= 4 is 18.3 Å². The van der Waals surface area contributed by atoms with E-state index in [-0.39, 0.29) is 24.2 Å². The highest BCUT2D eigenvalue weighted by Crippen LogP contribution is 2.09. The maximum atomic E-state index is 11.7. The molecule has 0 spiro atoms. The largest absolute Gasteiger partial charge is 0.356 e. The summed E-state index contributed by atoms with van der Waals surface area (Å²) in [6, 6.07) is 0. The minimum Gasteiger partial charge on any atom is -0.356 e. The van der Waals surface area contributed by atoms with E-state index >= 15 is 0 Å². The van der Waals surface area contributed by atoms with E-state index in [0.717, 1.165) is 38.4 Å². The molecule has 0 aromatic heterocycles. The molecule has 0 aromatic rings. The summed E-state index contributed by atoms with van der Waals surface area (Å²) >= 11 is 0. The average Bonchev–Trinajstić information content (AvgIpc) is 2.80. The van der Waals surface area contributed by atoms with E-state index in [1.807, 2.05) is 0 Å². The monoisotopic (exact) mass is 276 g/mol. The normalized spacial score (nSPS) is 18.7. The summed E-state index contributed by atoms with van der Waals surface area (Å²) in [5, 5.41) is 6.27. The number of rotatable bonds is 8. The Bertz CT molecular complexity index is 216. The van der Waals surface area contributed by atoms with Gasteiger partial charge in [-0.3, -0.25) is 4.79 Å². The fourth-order valence-corrected chi connectivity index (χ4v) is 2.27. The molecule has 0 radical (unpaired) electrons. The highest BCUT2D eigenvalue weighted by molar-refractivity contribution is 5.85. The molecule has 0 aromatic carbocycles. The van der Waals surface area contributed by atoms with E-state index in [4.69, 9.17) is 0 Å². The second-order valence-corrected chi connectivity index (χ2v) is 5.58. The maximum Gasteiger partial charge on any atom is 0.224 e. The summed E-state index contributed by atoms with van der Waals surface area (Å²) in [6.07, 6.45) is 7.34. The Morgan fingerprint density at radius 2 is 2.00 bits per heavy atom. The molecule has 1 unspecified atom stereocenters. The predicted molar refractivity (Wildman–Crippen MR) is 79.2 cm³/mol. The number of nitrogens with one attached hydrogen (secondary N) is 2. The van der Waals surface area contributed by atoms with Gasteiger partial charge in [-0.1, -0.05) is 39.5 Å². The number of hydrogen-bond donors (Lipinski definition) is 2. The van der Waals surface area contributed by atoms with Crippen molar-refractivity contribution in [2.75, 3.05) is 19.6 Å². The minimum absolute atomic E-state index is 0. The molecule has 4 heteroatoms. The van der Waals surface area contributed by atoms with Crippen LogP contribution >= 0.6 is 12.4 Å².